The maximum atomic E-state index is 12.1. The number of nitrogens with zero attached hydrogens (tertiary/aromatic N) is 5. The molecule has 170 valence electrons. The molecule has 0 radical (unpaired) electrons. The van der Waals surface area contributed by atoms with Crippen LogP contribution in [0.2, 0.25) is 0 Å². The van der Waals surface area contributed by atoms with Crippen molar-refractivity contribution in [3.05, 3.63) is 54.5 Å². The molecule has 1 aliphatic rings. The molecule has 0 bridgehead atoms. The van der Waals surface area contributed by atoms with E-state index in [-0.39, 0.29) is 11.9 Å². The van der Waals surface area contributed by atoms with Crippen LogP contribution in [-0.4, -0.2) is 64.0 Å². The number of hydrogen-bond donors (Lipinski definition) is 1. The second-order valence-corrected chi connectivity index (χ2v) is 7.65. The molecule has 3 aromatic rings. The first kappa shape index (κ1) is 22.3. The number of amides is 1. The van der Waals surface area contributed by atoms with Gasteiger partial charge in [0.05, 0.1) is 18.0 Å². The van der Waals surface area contributed by atoms with Gasteiger partial charge in [-0.2, -0.15) is 5.10 Å². The number of ether oxygens (including phenoxy) is 2. The number of nitrogen functional groups attached to an aromatic ring is 1. The monoisotopic (exact) mass is 446 g/mol. The number of methoxy groups -OCH3 is 1. The minimum Gasteiger partial charge on any atom is -0.491 e. The van der Waals surface area contributed by atoms with Crippen molar-refractivity contribution in [2.24, 2.45) is 0 Å². The number of anilines is 1. The predicted octanol–water partition coefficient (Wildman–Crippen LogP) is 2.18. The zero-order valence-corrected chi connectivity index (χ0v) is 18.5. The van der Waals surface area contributed by atoms with Crippen LogP contribution in [0, 0.1) is 11.8 Å². The van der Waals surface area contributed by atoms with Crippen LogP contribution in [-0.2, 0) is 9.53 Å². The molecule has 1 amide bonds. The van der Waals surface area contributed by atoms with Crippen LogP contribution in [0.5, 0.6) is 5.75 Å². The second-order valence-electron chi connectivity index (χ2n) is 7.65. The first-order valence-electron chi connectivity index (χ1n) is 10.7. The van der Waals surface area contributed by atoms with Crippen molar-refractivity contribution in [3.8, 4) is 17.6 Å². The van der Waals surface area contributed by atoms with E-state index in [0.29, 0.717) is 48.8 Å². The van der Waals surface area contributed by atoms with Crippen LogP contribution >= 0.6 is 0 Å². The summed E-state index contributed by atoms with van der Waals surface area (Å²) in [5.41, 5.74) is 8.11. The van der Waals surface area contributed by atoms with Crippen LogP contribution in [0.25, 0.3) is 11.0 Å². The highest BCUT2D eigenvalue weighted by molar-refractivity contribution is 5.90. The van der Waals surface area contributed by atoms with Gasteiger partial charge in [-0.1, -0.05) is 12.5 Å². The molecule has 0 saturated carbocycles. The second kappa shape index (κ2) is 10.1. The number of rotatable bonds is 6. The Morgan fingerprint density at radius 1 is 1.27 bits per heavy atom. The lowest BCUT2D eigenvalue weighted by Crippen LogP contribution is -2.40. The van der Waals surface area contributed by atoms with Crippen molar-refractivity contribution in [2.45, 2.75) is 18.9 Å². The molecule has 33 heavy (non-hydrogen) atoms. The molecule has 9 heteroatoms. The van der Waals surface area contributed by atoms with Crippen molar-refractivity contribution in [3.63, 3.8) is 0 Å². The van der Waals surface area contributed by atoms with Gasteiger partial charge >= 0.3 is 0 Å². The SMILES string of the molecule is C=CC(=O)N1CCC[C@@H](n2nc(C#Cc3ccc(OCCOC)cc3)c3c(N)ncnc32)C1. The van der Waals surface area contributed by atoms with Gasteiger partial charge in [-0.3, -0.25) is 4.79 Å². The van der Waals surface area contributed by atoms with Gasteiger partial charge in [0, 0.05) is 25.8 Å². The molecule has 2 N–H and O–H groups in total. The van der Waals surface area contributed by atoms with Crippen molar-refractivity contribution in [1.29, 1.82) is 0 Å². The van der Waals surface area contributed by atoms with E-state index >= 15 is 0 Å². The Hall–Kier alpha value is -3.90. The molecule has 3 heterocycles. The van der Waals surface area contributed by atoms with Gasteiger partial charge in [-0.05, 0) is 49.1 Å². The number of aromatic nitrogens is 4. The minimum atomic E-state index is -0.0834. The number of carbonyl (C=O) groups excluding carboxylic acids is 1. The first-order valence-corrected chi connectivity index (χ1v) is 10.7. The number of piperidine rings is 1. The van der Waals surface area contributed by atoms with Crippen LogP contribution < -0.4 is 10.5 Å². The Bertz CT molecular complexity index is 1210. The van der Waals surface area contributed by atoms with Gasteiger partial charge in [0.15, 0.2) is 5.65 Å². The third-order valence-corrected chi connectivity index (χ3v) is 5.48. The highest BCUT2D eigenvalue weighted by Gasteiger charge is 2.27. The average Bonchev–Trinajstić information content (AvgIpc) is 3.23. The summed E-state index contributed by atoms with van der Waals surface area (Å²) >= 11 is 0. The van der Waals surface area contributed by atoms with Crippen LogP contribution in [0.4, 0.5) is 5.82 Å². The van der Waals surface area contributed by atoms with Crippen molar-refractivity contribution >= 4 is 22.8 Å². The number of likely N-dealkylation sites (tertiary alicyclic amines) is 1. The molecular weight excluding hydrogens is 420 g/mol. The third-order valence-electron chi connectivity index (χ3n) is 5.48. The number of hydrogen-bond acceptors (Lipinski definition) is 7. The highest BCUT2D eigenvalue weighted by atomic mass is 16.5. The molecule has 4 rings (SSSR count). The fraction of sp³-hybridized carbons (Fsp3) is 0.333. The molecule has 9 nitrogen and oxygen atoms in total. The van der Waals surface area contributed by atoms with E-state index in [0.717, 1.165) is 24.2 Å². The molecule has 0 aliphatic carbocycles. The molecule has 1 saturated heterocycles. The molecule has 2 aromatic heterocycles. The third kappa shape index (κ3) is 4.96. The number of nitrogens with two attached hydrogens (primary N) is 1. The zero-order chi connectivity index (χ0) is 23.2. The maximum Gasteiger partial charge on any atom is 0.246 e. The first-order chi connectivity index (χ1) is 16.1. The summed E-state index contributed by atoms with van der Waals surface area (Å²) in [7, 11) is 1.63. The smallest absolute Gasteiger partial charge is 0.246 e. The lowest BCUT2D eigenvalue weighted by molar-refractivity contribution is -0.127. The standard InChI is InChI=1S/C24H26N6O3/c1-3-21(31)29-12-4-5-18(15-29)30-24-22(23(25)26-16-27-24)20(28-30)11-8-17-6-9-19(10-7-17)33-14-13-32-2/h3,6-7,9-10,16,18H,1,4-5,12-15H2,2H3,(H2,25,26,27)/t18-/m1/s1. The fourth-order valence-corrected chi connectivity index (χ4v) is 3.83. The van der Waals surface area contributed by atoms with Crippen LogP contribution in [0.3, 0.4) is 0 Å². The average molecular weight is 447 g/mol. The Morgan fingerprint density at radius 2 is 2.09 bits per heavy atom. The van der Waals surface area contributed by atoms with E-state index in [1.165, 1.54) is 12.4 Å². The van der Waals surface area contributed by atoms with E-state index in [4.69, 9.17) is 20.3 Å². The van der Waals surface area contributed by atoms with Gasteiger partial charge in [0.2, 0.25) is 5.91 Å². The van der Waals surface area contributed by atoms with Gasteiger partial charge in [-0.15, -0.1) is 0 Å². The largest absolute Gasteiger partial charge is 0.491 e. The van der Waals surface area contributed by atoms with Crippen LogP contribution in [0.15, 0.2) is 43.2 Å². The summed E-state index contributed by atoms with van der Waals surface area (Å²) in [5.74, 6) is 7.25. The van der Waals surface area contributed by atoms with E-state index in [1.807, 2.05) is 28.9 Å². The van der Waals surface area contributed by atoms with E-state index < -0.39 is 0 Å². The summed E-state index contributed by atoms with van der Waals surface area (Å²) in [6.07, 6.45) is 4.50. The number of benzene rings is 1. The van der Waals surface area contributed by atoms with Gasteiger partial charge in [0.1, 0.15) is 30.2 Å². The summed E-state index contributed by atoms with van der Waals surface area (Å²) in [5, 5.41) is 5.36. The molecule has 1 aliphatic heterocycles. The predicted molar refractivity (Wildman–Crippen MR) is 125 cm³/mol. The van der Waals surface area contributed by atoms with Crippen molar-refractivity contribution in [1.82, 2.24) is 24.6 Å². The molecular formula is C24H26N6O3. The Balaban J connectivity index is 1.62. The molecule has 1 aromatic carbocycles. The van der Waals surface area contributed by atoms with E-state index in [2.05, 4.69) is 28.4 Å². The van der Waals surface area contributed by atoms with E-state index in [9.17, 15) is 4.79 Å². The number of fused-ring (bicyclic) bond motifs is 1. The Labute approximate surface area is 192 Å². The Morgan fingerprint density at radius 3 is 2.85 bits per heavy atom. The van der Waals surface area contributed by atoms with Crippen molar-refractivity contribution < 1.29 is 14.3 Å². The quantitative estimate of drug-likeness (QED) is 0.351. The maximum absolute atomic E-state index is 12.1. The van der Waals surface area contributed by atoms with E-state index in [1.54, 1.807) is 12.0 Å². The summed E-state index contributed by atoms with van der Waals surface area (Å²) < 4.78 is 12.4. The minimum absolute atomic E-state index is 0.0291. The van der Waals surface area contributed by atoms with Gasteiger partial charge < -0.3 is 20.1 Å². The zero-order valence-electron chi connectivity index (χ0n) is 18.5. The summed E-state index contributed by atoms with van der Waals surface area (Å²) in [6, 6.07) is 7.46. The lowest BCUT2D eigenvalue weighted by Gasteiger charge is -2.32. The molecule has 0 unspecified atom stereocenters. The molecule has 0 spiro atoms. The normalized spacial score (nSPS) is 15.7. The van der Waals surface area contributed by atoms with Gasteiger partial charge in [0.25, 0.3) is 0 Å². The molecule has 1 fully saturated rings. The molecule has 1 atom stereocenters. The summed E-state index contributed by atoms with van der Waals surface area (Å²) in [4.78, 5) is 22.4. The highest BCUT2D eigenvalue weighted by Crippen LogP contribution is 2.28. The number of carbonyl (C=O) groups is 1. The van der Waals surface area contributed by atoms with Gasteiger partial charge in [-0.25, -0.2) is 14.6 Å². The topological polar surface area (TPSA) is 108 Å². The van der Waals surface area contributed by atoms with Crippen molar-refractivity contribution in [2.75, 3.05) is 39.1 Å². The Kier molecular flexibility index (Phi) is 6.86. The lowest BCUT2D eigenvalue weighted by atomic mass is 10.1. The van der Waals surface area contributed by atoms with Crippen LogP contribution in [0.1, 0.15) is 30.1 Å². The summed E-state index contributed by atoms with van der Waals surface area (Å²) in [6.45, 7) is 5.84. The fourth-order valence-electron chi connectivity index (χ4n) is 3.83.